The van der Waals surface area contributed by atoms with E-state index in [9.17, 15) is 13.2 Å². The molecule has 1 atom stereocenters. The average molecular weight is 280 g/mol. The van der Waals surface area contributed by atoms with Crippen LogP contribution in [-0.4, -0.2) is 17.7 Å². The molecule has 1 unspecified atom stereocenters. The number of alkyl halides is 3. The molecule has 0 fully saturated rings. The highest BCUT2D eigenvalue weighted by atomic mass is 32.1. The molecule has 1 N–H and O–H groups in total. The standard InChI is InChI=1S/C12H19F3N2S/c1-8(11-9(2)18-10(3)17-11)16-7-5-4-6-12(13,14)15/h8,16H,4-7H2,1-3H3. The molecule has 1 aromatic rings. The first-order valence-electron chi connectivity index (χ1n) is 6.03. The summed E-state index contributed by atoms with van der Waals surface area (Å²) in [6.45, 7) is 6.55. The molecule has 0 bridgehead atoms. The fourth-order valence-electron chi connectivity index (χ4n) is 1.81. The highest BCUT2D eigenvalue weighted by Gasteiger charge is 2.25. The number of nitrogens with one attached hydrogen (secondary N) is 1. The Morgan fingerprint density at radius 1 is 1.28 bits per heavy atom. The Bertz CT molecular complexity index is 374. The van der Waals surface area contributed by atoms with Crippen LogP contribution in [0.2, 0.25) is 0 Å². The molecule has 2 nitrogen and oxygen atoms in total. The SMILES string of the molecule is Cc1nc(C(C)NCCCCC(F)(F)F)c(C)s1. The van der Waals surface area contributed by atoms with E-state index >= 15 is 0 Å². The molecule has 0 radical (unpaired) electrons. The van der Waals surface area contributed by atoms with E-state index in [1.807, 2.05) is 20.8 Å². The third-order valence-corrected chi connectivity index (χ3v) is 3.59. The molecule has 1 rings (SSSR count). The fraction of sp³-hybridized carbons (Fsp3) is 0.750. The van der Waals surface area contributed by atoms with Crippen molar-refractivity contribution in [3.05, 3.63) is 15.6 Å². The number of halogens is 3. The van der Waals surface area contributed by atoms with Crippen LogP contribution in [-0.2, 0) is 0 Å². The number of aromatic nitrogens is 1. The van der Waals surface area contributed by atoms with Gasteiger partial charge < -0.3 is 5.32 Å². The van der Waals surface area contributed by atoms with Gasteiger partial charge in [0.25, 0.3) is 0 Å². The minimum Gasteiger partial charge on any atom is -0.309 e. The molecular weight excluding hydrogens is 261 g/mol. The van der Waals surface area contributed by atoms with E-state index in [0.29, 0.717) is 13.0 Å². The van der Waals surface area contributed by atoms with Crippen molar-refractivity contribution in [2.45, 2.75) is 52.3 Å². The van der Waals surface area contributed by atoms with Crippen LogP contribution in [0.1, 0.15) is 47.8 Å². The largest absolute Gasteiger partial charge is 0.389 e. The lowest BCUT2D eigenvalue weighted by Gasteiger charge is -2.13. The maximum atomic E-state index is 11.9. The van der Waals surface area contributed by atoms with Crippen LogP contribution in [0.25, 0.3) is 0 Å². The molecule has 18 heavy (non-hydrogen) atoms. The lowest BCUT2D eigenvalue weighted by atomic mass is 10.2. The van der Waals surface area contributed by atoms with E-state index in [4.69, 9.17) is 0 Å². The summed E-state index contributed by atoms with van der Waals surface area (Å²) in [5.74, 6) is 0. The van der Waals surface area contributed by atoms with Gasteiger partial charge in [-0.1, -0.05) is 0 Å². The lowest BCUT2D eigenvalue weighted by Crippen LogP contribution is -2.21. The molecule has 6 heteroatoms. The van der Waals surface area contributed by atoms with Crippen molar-refractivity contribution in [2.24, 2.45) is 0 Å². The van der Waals surface area contributed by atoms with Gasteiger partial charge >= 0.3 is 6.18 Å². The summed E-state index contributed by atoms with van der Waals surface area (Å²) in [4.78, 5) is 5.59. The highest BCUT2D eigenvalue weighted by molar-refractivity contribution is 7.11. The second-order valence-electron chi connectivity index (χ2n) is 4.42. The summed E-state index contributed by atoms with van der Waals surface area (Å²) in [7, 11) is 0. The van der Waals surface area contributed by atoms with Crippen LogP contribution in [0.5, 0.6) is 0 Å². The predicted molar refractivity (Wildman–Crippen MR) is 67.9 cm³/mol. The predicted octanol–water partition coefficient (Wildman–Crippen LogP) is 4.14. The van der Waals surface area contributed by atoms with Gasteiger partial charge in [-0.15, -0.1) is 11.3 Å². The molecular formula is C12H19F3N2S. The molecule has 0 aliphatic heterocycles. The molecule has 0 spiro atoms. The molecule has 1 heterocycles. The van der Waals surface area contributed by atoms with Crippen molar-refractivity contribution in [2.75, 3.05) is 6.54 Å². The smallest absolute Gasteiger partial charge is 0.309 e. The topological polar surface area (TPSA) is 24.9 Å². The number of unbranched alkanes of at least 4 members (excludes halogenated alkanes) is 1. The van der Waals surface area contributed by atoms with Crippen LogP contribution in [0.3, 0.4) is 0 Å². The third-order valence-electron chi connectivity index (χ3n) is 2.69. The van der Waals surface area contributed by atoms with Crippen molar-refractivity contribution in [3.63, 3.8) is 0 Å². The minimum atomic E-state index is -4.03. The van der Waals surface area contributed by atoms with Gasteiger partial charge in [0, 0.05) is 17.3 Å². The van der Waals surface area contributed by atoms with Gasteiger partial charge in [-0.25, -0.2) is 4.98 Å². The first kappa shape index (κ1) is 15.4. The quantitative estimate of drug-likeness (QED) is 0.792. The summed E-state index contributed by atoms with van der Waals surface area (Å²) in [6, 6.07) is 0.0980. The van der Waals surface area contributed by atoms with Crippen LogP contribution < -0.4 is 5.32 Å². The zero-order chi connectivity index (χ0) is 13.8. The Labute approximate surface area is 110 Å². The van der Waals surface area contributed by atoms with Gasteiger partial charge in [0.15, 0.2) is 0 Å². The summed E-state index contributed by atoms with van der Waals surface area (Å²) in [6.07, 6.45) is -4.02. The Kier molecular flexibility index (Phi) is 5.59. The maximum absolute atomic E-state index is 11.9. The van der Waals surface area contributed by atoms with Gasteiger partial charge in [0.1, 0.15) is 0 Å². The first-order chi connectivity index (χ1) is 8.29. The molecule has 0 saturated heterocycles. The van der Waals surface area contributed by atoms with E-state index in [2.05, 4.69) is 10.3 Å². The molecule has 104 valence electrons. The van der Waals surface area contributed by atoms with E-state index in [1.54, 1.807) is 11.3 Å². The Hall–Kier alpha value is -0.620. The van der Waals surface area contributed by atoms with E-state index in [1.165, 1.54) is 4.88 Å². The van der Waals surface area contributed by atoms with Crippen molar-refractivity contribution >= 4 is 11.3 Å². The number of nitrogens with zero attached hydrogens (tertiary/aromatic N) is 1. The summed E-state index contributed by atoms with van der Waals surface area (Å²) in [5.41, 5.74) is 1.01. The third kappa shape index (κ3) is 5.35. The van der Waals surface area contributed by atoms with Crippen LogP contribution in [0.4, 0.5) is 13.2 Å². The molecule has 0 saturated carbocycles. The molecule has 1 aromatic heterocycles. The van der Waals surface area contributed by atoms with Gasteiger partial charge in [0.2, 0.25) is 0 Å². The lowest BCUT2D eigenvalue weighted by molar-refractivity contribution is -0.135. The van der Waals surface area contributed by atoms with Gasteiger partial charge in [0.05, 0.1) is 10.7 Å². The Morgan fingerprint density at radius 3 is 2.44 bits per heavy atom. The number of aryl methyl sites for hydroxylation is 2. The van der Waals surface area contributed by atoms with E-state index < -0.39 is 12.6 Å². The van der Waals surface area contributed by atoms with Gasteiger partial charge in [-0.05, 0) is 40.2 Å². The zero-order valence-electron chi connectivity index (χ0n) is 10.9. The average Bonchev–Trinajstić information content (AvgIpc) is 2.55. The first-order valence-corrected chi connectivity index (χ1v) is 6.85. The van der Waals surface area contributed by atoms with Crippen molar-refractivity contribution in [1.82, 2.24) is 10.3 Å². The van der Waals surface area contributed by atoms with Gasteiger partial charge in [-0.3, -0.25) is 0 Å². The van der Waals surface area contributed by atoms with Crippen molar-refractivity contribution < 1.29 is 13.2 Å². The van der Waals surface area contributed by atoms with Crippen LogP contribution >= 0.6 is 11.3 Å². The monoisotopic (exact) mass is 280 g/mol. The van der Waals surface area contributed by atoms with E-state index in [-0.39, 0.29) is 12.5 Å². The number of hydrogen-bond donors (Lipinski definition) is 1. The summed E-state index contributed by atoms with van der Waals surface area (Å²) < 4.78 is 35.8. The van der Waals surface area contributed by atoms with Crippen LogP contribution in [0.15, 0.2) is 0 Å². The zero-order valence-corrected chi connectivity index (χ0v) is 11.7. The number of thiazole rings is 1. The van der Waals surface area contributed by atoms with E-state index in [0.717, 1.165) is 10.7 Å². The molecule has 0 amide bonds. The van der Waals surface area contributed by atoms with Gasteiger partial charge in [-0.2, -0.15) is 13.2 Å². The molecule has 0 aliphatic carbocycles. The molecule has 0 aliphatic rings. The van der Waals surface area contributed by atoms with Crippen LogP contribution in [0, 0.1) is 13.8 Å². The normalized spacial score (nSPS) is 13.9. The Balaban J connectivity index is 2.26. The Morgan fingerprint density at radius 2 is 1.94 bits per heavy atom. The minimum absolute atomic E-state index is 0.0980. The second-order valence-corrected chi connectivity index (χ2v) is 5.83. The number of hydrogen-bond acceptors (Lipinski definition) is 3. The summed E-state index contributed by atoms with van der Waals surface area (Å²) in [5, 5.41) is 4.24. The second kappa shape index (κ2) is 6.52. The van der Waals surface area contributed by atoms with Crippen molar-refractivity contribution in [3.8, 4) is 0 Å². The highest BCUT2D eigenvalue weighted by Crippen LogP contribution is 2.23. The molecule has 0 aromatic carbocycles. The number of rotatable bonds is 6. The summed E-state index contributed by atoms with van der Waals surface area (Å²) >= 11 is 1.64. The fourth-order valence-corrected chi connectivity index (χ4v) is 2.73. The van der Waals surface area contributed by atoms with Crippen molar-refractivity contribution in [1.29, 1.82) is 0 Å². The maximum Gasteiger partial charge on any atom is 0.389 e.